The molecule has 4 heteroatoms. The molecule has 92 valence electrons. The molecule has 2 rings (SSSR count). The van der Waals surface area contributed by atoms with Crippen LogP contribution in [0.5, 0.6) is 5.75 Å². The quantitative estimate of drug-likeness (QED) is 0.934. The number of ether oxygens (including phenoxy) is 1. The maximum absolute atomic E-state index is 11.2. The third-order valence-corrected chi connectivity index (χ3v) is 2.71. The lowest BCUT2D eigenvalue weighted by Crippen LogP contribution is -2.04. The second-order valence-electron chi connectivity index (χ2n) is 3.77. The number of fused-ring (bicyclic) bond motifs is 1. The molecule has 0 saturated carbocycles. The minimum Gasteiger partial charge on any atom is -0.487 e. The zero-order valence-electron chi connectivity index (χ0n) is 9.52. The zero-order chi connectivity index (χ0) is 13.1. The first kappa shape index (κ1) is 12.6. The second kappa shape index (κ2) is 5.23. The highest BCUT2D eigenvalue weighted by atomic mass is 79.9. The highest BCUT2D eigenvalue weighted by molar-refractivity contribution is 9.11. The molecule has 0 bridgehead atoms. The molecule has 0 aliphatic rings. The third kappa shape index (κ3) is 2.54. The van der Waals surface area contributed by atoms with Gasteiger partial charge in [-0.2, -0.15) is 0 Å². The Labute approximate surface area is 113 Å². The van der Waals surface area contributed by atoms with Crippen LogP contribution in [-0.2, 0) is 0 Å². The molecule has 0 aliphatic heterocycles. The molecule has 0 atom stereocenters. The normalized spacial score (nSPS) is 10.3. The minimum atomic E-state index is -1.00. The Morgan fingerprint density at radius 1 is 1.28 bits per heavy atom. The van der Waals surface area contributed by atoms with Crippen molar-refractivity contribution in [2.45, 2.75) is 0 Å². The van der Waals surface area contributed by atoms with Gasteiger partial charge in [-0.1, -0.05) is 52.8 Å². The molecule has 0 unspecified atom stereocenters. The summed E-state index contributed by atoms with van der Waals surface area (Å²) in [6.45, 7) is 3.90. The van der Waals surface area contributed by atoms with Gasteiger partial charge in [-0.05, 0) is 11.5 Å². The molecule has 0 amide bonds. The van der Waals surface area contributed by atoms with E-state index in [2.05, 4.69) is 22.5 Å². The van der Waals surface area contributed by atoms with Crippen LogP contribution < -0.4 is 4.74 Å². The molecule has 2 aromatic rings. The number of rotatable bonds is 4. The van der Waals surface area contributed by atoms with Crippen molar-refractivity contribution < 1.29 is 14.6 Å². The molecule has 0 aliphatic carbocycles. The average molecular weight is 307 g/mol. The monoisotopic (exact) mass is 306 g/mol. The first-order chi connectivity index (χ1) is 8.59. The number of hydrogen-bond acceptors (Lipinski definition) is 2. The van der Waals surface area contributed by atoms with E-state index in [0.29, 0.717) is 10.2 Å². The Morgan fingerprint density at radius 2 is 2.00 bits per heavy atom. The number of aromatic carboxylic acids is 1. The van der Waals surface area contributed by atoms with Gasteiger partial charge in [0.05, 0.1) is 0 Å². The Balaban J connectivity index is 2.58. The summed E-state index contributed by atoms with van der Waals surface area (Å²) in [5.41, 5.74) is 0.155. The summed E-state index contributed by atoms with van der Waals surface area (Å²) in [4.78, 5) is 11.2. The number of carboxylic acids is 1. The smallest absolute Gasteiger partial charge is 0.339 e. The van der Waals surface area contributed by atoms with E-state index in [4.69, 9.17) is 4.74 Å². The van der Waals surface area contributed by atoms with Gasteiger partial charge in [0.15, 0.2) is 0 Å². The lowest BCUT2D eigenvalue weighted by atomic mass is 10.1. The van der Waals surface area contributed by atoms with Crippen molar-refractivity contribution in [2.75, 3.05) is 6.61 Å². The largest absolute Gasteiger partial charge is 0.487 e. The molecule has 0 fully saturated rings. The van der Waals surface area contributed by atoms with Gasteiger partial charge >= 0.3 is 5.97 Å². The topological polar surface area (TPSA) is 46.5 Å². The predicted octanol–water partition coefficient (Wildman–Crippen LogP) is 3.83. The maximum atomic E-state index is 11.2. The summed E-state index contributed by atoms with van der Waals surface area (Å²) in [5, 5.41) is 10.9. The van der Waals surface area contributed by atoms with Crippen molar-refractivity contribution in [2.24, 2.45) is 0 Å². The van der Waals surface area contributed by atoms with Gasteiger partial charge in [-0.15, -0.1) is 0 Å². The second-order valence-corrected chi connectivity index (χ2v) is 4.90. The number of benzene rings is 2. The lowest BCUT2D eigenvalue weighted by molar-refractivity contribution is 0.0693. The van der Waals surface area contributed by atoms with Crippen LogP contribution in [0.4, 0.5) is 0 Å². The van der Waals surface area contributed by atoms with Crippen molar-refractivity contribution >= 4 is 32.7 Å². The van der Waals surface area contributed by atoms with Crippen LogP contribution in [0.25, 0.3) is 10.8 Å². The van der Waals surface area contributed by atoms with E-state index in [0.717, 1.165) is 10.8 Å². The Kier molecular flexibility index (Phi) is 3.67. The van der Waals surface area contributed by atoms with Gasteiger partial charge in [-0.25, -0.2) is 4.79 Å². The van der Waals surface area contributed by atoms with E-state index in [9.17, 15) is 9.90 Å². The summed E-state index contributed by atoms with van der Waals surface area (Å²) < 4.78 is 6.20. The van der Waals surface area contributed by atoms with Crippen LogP contribution in [0.1, 0.15) is 10.4 Å². The zero-order valence-corrected chi connectivity index (χ0v) is 11.1. The van der Waals surface area contributed by atoms with E-state index in [-0.39, 0.29) is 12.2 Å². The first-order valence-corrected chi connectivity index (χ1v) is 6.10. The van der Waals surface area contributed by atoms with Crippen molar-refractivity contribution in [3.8, 4) is 5.75 Å². The lowest BCUT2D eigenvalue weighted by Gasteiger charge is -2.11. The fourth-order valence-corrected chi connectivity index (χ4v) is 1.83. The predicted molar refractivity (Wildman–Crippen MR) is 74.5 cm³/mol. The molecular weight excluding hydrogens is 296 g/mol. The number of carboxylic acid groups (broad SMARTS) is 1. The molecule has 0 heterocycles. The Bertz CT molecular complexity index is 619. The molecular formula is C14H11BrO3. The maximum Gasteiger partial charge on any atom is 0.339 e. The van der Waals surface area contributed by atoms with Crippen molar-refractivity contribution in [3.63, 3.8) is 0 Å². The fourth-order valence-electron chi connectivity index (χ4n) is 1.72. The molecule has 3 nitrogen and oxygen atoms in total. The summed E-state index contributed by atoms with van der Waals surface area (Å²) in [6.07, 6.45) is 0. The van der Waals surface area contributed by atoms with Gasteiger partial charge < -0.3 is 9.84 Å². The number of halogens is 1. The Hall–Kier alpha value is -1.81. The van der Waals surface area contributed by atoms with E-state index < -0.39 is 5.97 Å². The summed E-state index contributed by atoms with van der Waals surface area (Å²) in [6, 6.07) is 10.8. The van der Waals surface area contributed by atoms with Crippen LogP contribution in [0, 0.1) is 0 Å². The number of hydrogen-bond donors (Lipinski definition) is 1. The van der Waals surface area contributed by atoms with Crippen molar-refractivity contribution in [1.82, 2.24) is 0 Å². The van der Waals surface area contributed by atoms with Crippen LogP contribution in [0.15, 0.2) is 47.5 Å². The summed E-state index contributed by atoms with van der Waals surface area (Å²) >= 11 is 3.19. The van der Waals surface area contributed by atoms with E-state index in [1.165, 1.54) is 0 Å². The third-order valence-electron chi connectivity index (χ3n) is 2.48. The standard InChI is InChI=1S/C14H11BrO3/c1-9(15)8-18-13-11-5-3-2-4-10(11)6-7-12(13)14(16)17/h2-7H,1,8H2,(H,16,17). The molecule has 1 N–H and O–H groups in total. The molecule has 2 aromatic carbocycles. The van der Waals surface area contributed by atoms with Crippen LogP contribution >= 0.6 is 15.9 Å². The molecule has 18 heavy (non-hydrogen) atoms. The number of carbonyl (C=O) groups is 1. The minimum absolute atomic E-state index is 0.155. The van der Waals surface area contributed by atoms with Crippen LogP contribution in [-0.4, -0.2) is 17.7 Å². The van der Waals surface area contributed by atoms with Crippen molar-refractivity contribution in [3.05, 3.63) is 53.0 Å². The molecule has 0 saturated heterocycles. The van der Waals surface area contributed by atoms with Crippen molar-refractivity contribution in [1.29, 1.82) is 0 Å². The van der Waals surface area contributed by atoms with Gasteiger partial charge in [0.2, 0.25) is 0 Å². The first-order valence-electron chi connectivity index (χ1n) is 5.30. The van der Waals surface area contributed by atoms with E-state index in [1.807, 2.05) is 24.3 Å². The molecule has 0 radical (unpaired) electrons. The van der Waals surface area contributed by atoms with Crippen LogP contribution in [0.3, 0.4) is 0 Å². The van der Waals surface area contributed by atoms with Gasteiger partial charge in [0.1, 0.15) is 17.9 Å². The summed E-state index contributed by atoms with van der Waals surface area (Å²) in [5.74, 6) is -0.628. The van der Waals surface area contributed by atoms with Gasteiger partial charge in [0, 0.05) is 9.87 Å². The van der Waals surface area contributed by atoms with E-state index in [1.54, 1.807) is 12.1 Å². The summed E-state index contributed by atoms with van der Waals surface area (Å²) in [7, 11) is 0. The highest BCUT2D eigenvalue weighted by Crippen LogP contribution is 2.30. The van der Waals surface area contributed by atoms with Crippen LogP contribution in [0.2, 0.25) is 0 Å². The Morgan fingerprint density at radius 3 is 2.67 bits per heavy atom. The average Bonchev–Trinajstić information content (AvgIpc) is 2.35. The highest BCUT2D eigenvalue weighted by Gasteiger charge is 2.14. The van der Waals surface area contributed by atoms with E-state index >= 15 is 0 Å². The van der Waals surface area contributed by atoms with Gasteiger partial charge in [0.25, 0.3) is 0 Å². The SMILES string of the molecule is C=C(Br)COc1c(C(=O)O)ccc2ccccc12. The molecule has 0 aromatic heterocycles. The van der Waals surface area contributed by atoms with Gasteiger partial charge in [-0.3, -0.25) is 0 Å². The molecule has 0 spiro atoms. The fraction of sp³-hybridized carbons (Fsp3) is 0.0714.